The normalized spacial score (nSPS) is 21.9. The lowest BCUT2D eigenvalue weighted by Gasteiger charge is -2.47. The van der Waals surface area contributed by atoms with Crippen molar-refractivity contribution in [2.75, 3.05) is 11.4 Å². The number of nitrogens with zero attached hydrogens (tertiary/aromatic N) is 5. The van der Waals surface area contributed by atoms with Gasteiger partial charge in [0, 0.05) is 36.6 Å². The number of hydrogen-bond acceptors (Lipinski definition) is 6. The largest absolute Gasteiger partial charge is 0.345 e. The summed E-state index contributed by atoms with van der Waals surface area (Å²) in [7, 11) is 0. The average Bonchev–Trinajstić information content (AvgIpc) is 2.93. The second-order valence-corrected chi connectivity index (χ2v) is 4.90. The van der Waals surface area contributed by atoms with Crippen LogP contribution >= 0.6 is 0 Å². The lowest BCUT2D eigenvalue weighted by molar-refractivity contribution is 0.386. The second-order valence-electron chi connectivity index (χ2n) is 4.90. The maximum absolute atomic E-state index is 6.16. The van der Waals surface area contributed by atoms with Crippen LogP contribution < -0.4 is 10.6 Å². The molecule has 20 heavy (non-hydrogen) atoms. The van der Waals surface area contributed by atoms with Crippen LogP contribution in [0, 0.1) is 0 Å². The lowest BCUT2D eigenvalue weighted by Crippen LogP contribution is -2.58. The van der Waals surface area contributed by atoms with Gasteiger partial charge in [-0.2, -0.15) is 5.10 Å². The predicted octanol–water partition coefficient (Wildman–Crippen LogP) is 0.636. The summed E-state index contributed by atoms with van der Waals surface area (Å²) in [4.78, 5) is 14.9. The fourth-order valence-electron chi connectivity index (χ4n) is 2.65. The fraction of sp³-hybridized carbons (Fsp3) is 0.231. The van der Waals surface area contributed by atoms with Gasteiger partial charge in [0.25, 0.3) is 0 Å². The van der Waals surface area contributed by atoms with Gasteiger partial charge in [-0.25, -0.2) is 9.97 Å². The van der Waals surface area contributed by atoms with Gasteiger partial charge in [-0.3, -0.25) is 10.1 Å². The number of nitrogens with two attached hydrogens (primary N) is 1. The van der Waals surface area contributed by atoms with E-state index in [-0.39, 0.29) is 12.1 Å². The molecule has 0 aromatic carbocycles. The average molecular weight is 267 g/mol. The van der Waals surface area contributed by atoms with Crippen LogP contribution in [0.3, 0.4) is 0 Å². The highest BCUT2D eigenvalue weighted by atomic mass is 15.3. The van der Waals surface area contributed by atoms with Crippen LogP contribution in [-0.4, -0.2) is 37.7 Å². The molecule has 0 radical (unpaired) electrons. The number of rotatable bonds is 2. The van der Waals surface area contributed by atoms with E-state index in [1.54, 1.807) is 24.8 Å². The molecule has 3 N–H and O–H groups in total. The first-order valence-electron chi connectivity index (χ1n) is 6.40. The molecule has 3 aromatic heterocycles. The Labute approximate surface area is 114 Å². The molecule has 0 bridgehead atoms. The van der Waals surface area contributed by atoms with E-state index >= 15 is 0 Å². The van der Waals surface area contributed by atoms with E-state index in [9.17, 15) is 0 Å². The van der Waals surface area contributed by atoms with E-state index in [1.165, 1.54) is 0 Å². The lowest BCUT2D eigenvalue weighted by atomic mass is 9.91. The molecule has 100 valence electrons. The van der Waals surface area contributed by atoms with Crippen LogP contribution in [0.4, 0.5) is 5.82 Å². The van der Waals surface area contributed by atoms with E-state index in [1.807, 2.05) is 6.20 Å². The summed E-state index contributed by atoms with van der Waals surface area (Å²) in [5.41, 5.74) is 8.02. The van der Waals surface area contributed by atoms with Gasteiger partial charge in [-0.1, -0.05) is 0 Å². The summed E-state index contributed by atoms with van der Waals surface area (Å²) < 4.78 is 0. The Morgan fingerprint density at radius 2 is 2.15 bits per heavy atom. The van der Waals surface area contributed by atoms with Crippen molar-refractivity contribution < 1.29 is 0 Å². The third-order valence-electron chi connectivity index (χ3n) is 3.65. The Balaban J connectivity index is 1.72. The Morgan fingerprint density at radius 1 is 1.20 bits per heavy atom. The minimum atomic E-state index is 0.0724. The van der Waals surface area contributed by atoms with Crippen molar-refractivity contribution in [3.05, 3.63) is 42.6 Å². The highest BCUT2D eigenvalue weighted by Crippen LogP contribution is 2.35. The van der Waals surface area contributed by atoms with Crippen LogP contribution in [0.2, 0.25) is 0 Å². The van der Waals surface area contributed by atoms with Gasteiger partial charge < -0.3 is 10.6 Å². The van der Waals surface area contributed by atoms with Gasteiger partial charge in [0.15, 0.2) is 5.65 Å². The fourth-order valence-corrected chi connectivity index (χ4v) is 2.65. The Morgan fingerprint density at radius 3 is 2.95 bits per heavy atom. The SMILES string of the molecule is NC1CN(c2cnccn2)C1c1cnc2[nH]ncc2c1. The van der Waals surface area contributed by atoms with Gasteiger partial charge in [-0.05, 0) is 11.6 Å². The molecule has 4 heterocycles. The highest BCUT2D eigenvalue weighted by Gasteiger charge is 2.38. The molecule has 7 heteroatoms. The molecule has 3 aromatic rings. The topological polar surface area (TPSA) is 96.6 Å². The number of aromatic nitrogens is 5. The number of anilines is 1. The van der Waals surface area contributed by atoms with Crippen molar-refractivity contribution >= 4 is 16.9 Å². The Kier molecular flexibility index (Phi) is 2.40. The van der Waals surface area contributed by atoms with Gasteiger partial charge in [-0.15, -0.1) is 0 Å². The zero-order valence-corrected chi connectivity index (χ0v) is 10.6. The summed E-state index contributed by atoms with van der Waals surface area (Å²) in [5.74, 6) is 0.839. The smallest absolute Gasteiger partial charge is 0.155 e. The quantitative estimate of drug-likeness (QED) is 0.707. The Bertz CT molecular complexity index is 739. The first-order valence-corrected chi connectivity index (χ1v) is 6.40. The molecular weight excluding hydrogens is 254 g/mol. The van der Waals surface area contributed by atoms with Crippen LogP contribution in [0.1, 0.15) is 11.6 Å². The van der Waals surface area contributed by atoms with Crippen molar-refractivity contribution in [2.24, 2.45) is 5.73 Å². The third kappa shape index (κ3) is 1.64. The van der Waals surface area contributed by atoms with E-state index in [4.69, 9.17) is 5.73 Å². The number of nitrogens with one attached hydrogen (secondary N) is 1. The standard InChI is InChI=1S/C13H13N7/c14-10-7-20(11-6-15-1-2-16-11)12(10)8-3-9-5-18-19-13(9)17-4-8/h1-6,10,12H,7,14H2,(H,17,18,19). The molecule has 0 spiro atoms. The summed E-state index contributed by atoms with van der Waals surface area (Å²) in [6, 6.07) is 2.22. The van der Waals surface area contributed by atoms with Crippen molar-refractivity contribution in [1.29, 1.82) is 0 Å². The van der Waals surface area contributed by atoms with Crippen LogP contribution in [0.5, 0.6) is 0 Å². The van der Waals surface area contributed by atoms with Crippen LogP contribution in [0.15, 0.2) is 37.1 Å². The monoisotopic (exact) mass is 267 g/mol. The predicted molar refractivity (Wildman–Crippen MR) is 74.0 cm³/mol. The highest BCUT2D eigenvalue weighted by molar-refractivity contribution is 5.74. The third-order valence-corrected chi connectivity index (χ3v) is 3.65. The second kappa shape index (κ2) is 4.24. The molecule has 4 rings (SSSR count). The summed E-state index contributed by atoms with van der Waals surface area (Å²) in [6.45, 7) is 0.771. The molecule has 7 nitrogen and oxygen atoms in total. The molecule has 0 saturated carbocycles. The molecule has 0 aliphatic carbocycles. The van der Waals surface area contributed by atoms with E-state index in [0.29, 0.717) is 0 Å². The molecular formula is C13H13N7. The summed E-state index contributed by atoms with van der Waals surface area (Å²) in [6.07, 6.45) is 8.71. The van der Waals surface area contributed by atoms with Gasteiger partial charge >= 0.3 is 0 Å². The summed E-state index contributed by atoms with van der Waals surface area (Å²) >= 11 is 0. The maximum atomic E-state index is 6.16. The van der Waals surface area contributed by atoms with Crippen molar-refractivity contribution in [3.8, 4) is 0 Å². The minimum absolute atomic E-state index is 0.0724. The molecule has 1 fully saturated rings. The van der Waals surface area contributed by atoms with E-state index < -0.39 is 0 Å². The Hall–Kier alpha value is -2.54. The zero-order chi connectivity index (χ0) is 13.5. The first kappa shape index (κ1) is 11.3. The maximum Gasteiger partial charge on any atom is 0.155 e. The van der Waals surface area contributed by atoms with Crippen molar-refractivity contribution in [3.63, 3.8) is 0 Å². The van der Waals surface area contributed by atoms with Crippen molar-refractivity contribution in [2.45, 2.75) is 12.1 Å². The van der Waals surface area contributed by atoms with Gasteiger partial charge in [0.1, 0.15) is 5.82 Å². The van der Waals surface area contributed by atoms with Crippen LogP contribution in [0.25, 0.3) is 11.0 Å². The van der Waals surface area contributed by atoms with Crippen LogP contribution in [-0.2, 0) is 0 Å². The number of pyridine rings is 1. The van der Waals surface area contributed by atoms with Gasteiger partial charge in [0.05, 0.1) is 18.4 Å². The van der Waals surface area contributed by atoms with Gasteiger partial charge in [0.2, 0.25) is 0 Å². The summed E-state index contributed by atoms with van der Waals surface area (Å²) in [5, 5.41) is 7.82. The number of aromatic amines is 1. The first-order chi connectivity index (χ1) is 9.83. The molecule has 1 aliphatic rings. The molecule has 2 unspecified atom stereocenters. The zero-order valence-electron chi connectivity index (χ0n) is 10.6. The molecule has 2 atom stereocenters. The molecule has 1 saturated heterocycles. The number of fused-ring (bicyclic) bond motifs is 1. The minimum Gasteiger partial charge on any atom is -0.345 e. The van der Waals surface area contributed by atoms with Crippen molar-refractivity contribution in [1.82, 2.24) is 25.1 Å². The van der Waals surface area contributed by atoms with E-state index in [2.05, 4.69) is 36.1 Å². The number of H-pyrrole nitrogens is 1. The molecule has 1 aliphatic heterocycles. The molecule has 0 amide bonds. The van der Waals surface area contributed by atoms with E-state index in [0.717, 1.165) is 29.0 Å². The number of hydrogen-bond donors (Lipinski definition) is 2.